The fraction of sp³-hybridized carbons (Fsp3) is 0.192. The average molecular weight is 439 g/mol. The van der Waals surface area contributed by atoms with Crippen LogP contribution in [0, 0.1) is 0 Å². The molecule has 0 radical (unpaired) electrons. The molecule has 0 fully saturated rings. The van der Waals surface area contributed by atoms with Crippen molar-refractivity contribution in [3.63, 3.8) is 0 Å². The van der Waals surface area contributed by atoms with Gasteiger partial charge in [0, 0.05) is 34.8 Å². The SMILES string of the molecule is CCCC(Nc1ccccc1-c1nc(Nc2ccc3[nH]ncc3c2)c2ccccc2n1)OC. The second-order valence-electron chi connectivity index (χ2n) is 7.91. The number of anilines is 3. The van der Waals surface area contributed by atoms with Crippen molar-refractivity contribution in [1.82, 2.24) is 20.2 Å². The summed E-state index contributed by atoms with van der Waals surface area (Å²) < 4.78 is 5.62. The van der Waals surface area contributed by atoms with Crippen LogP contribution in [0.2, 0.25) is 0 Å². The van der Waals surface area contributed by atoms with E-state index in [1.165, 1.54) is 0 Å². The highest BCUT2D eigenvalue weighted by atomic mass is 16.5. The minimum atomic E-state index is -0.0733. The van der Waals surface area contributed by atoms with Crippen LogP contribution in [0.1, 0.15) is 19.8 Å². The Morgan fingerprint density at radius 3 is 2.73 bits per heavy atom. The number of aromatic amines is 1. The highest BCUT2D eigenvalue weighted by Gasteiger charge is 2.15. The van der Waals surface area contributed by atoms with Crippen molar-refractivity contribution in [2.24, 2.45) is 0 Å². The van der Waals surface area contributed by atoms with Gasteiger partial charge >= 0.3 is 0 Å². The third-order valence-corrected chi connectivity index (χ3v) is 5.63. The molecule has 3 aromatic carbocycles. The van der Waals surface area contributed by atoms with E-state index in [9.17, 15) is 0 Å². The smallest absolute Gasteiger partial charge is 0.164 e. The lowest BCUT2D eigenvalue weighted by molar-refractivity contribution is 0.117. The maximum Gasteiger partial charge on any atom is 0.164 e. The van der Waals surface area contributed by atoms with Gasteiger partial charge in [0.1, 0.15) is 12.0 Å². The number of nitrogens with one attached hydrogen (secondary N) is 3. The van der Waals surface area contributed by atoms with Crippen LogP contribution in [-0.2, 0) is 4.74 Å². The standard InChI is InChI=1S/C26H26N6O/c1-3-8-24(33-2)29-22-11-6-4-9-19(22)26-30-23-12-7-5-10-20(23)25(31-26)28-18-13-14-21-17(15-18)16-27-32-21/h4-7,9-16,24,29H,3,8H2,1-2H3,(H,27,32)(H,28,30,31). The molecule has 7 heteroatoms. The Labute approximate surface area is 192 Å². The molecule has 0 aliphatic carbocycles. The Morgan fingerprint density at radius 2 is 1.85 bits per heavy atom. The van der Waals surface area contributed by atoms with Gasteiger partial charge in [-0.15, -0.1) is 0 Å². The predicted octanol–water partition coefficient (Wildman–Crippen LogP) is 6.10. The van der Waals surface area contributed by atoms with E-state index in [1.807, 2.05) is 66.9 Å². The molecule has 2 aromatic heterocycles. The van der Waals surface area contributed by atoms with Crippen molar-refractivity contribution >= 4 is 39.0 Å². The van der Waals surface area contributed by atoms with E-state index in [0.29, 0.717) is 5.82 Å². The predicted molar refractivity (Wildman–Crippen MR) is 134 cm³/mol. The first-order chi connectivity index (χ1) is 16.2. The van der Waals surface area contributed by atoms with Gasteiger partial charge in [0.05, 0.1) is 17.2 Å². The summed E-state index contributed by atoms with van der Waals surface area (Å²) in [4.78, 5) is 9.83. The summed E-state index contributed by atoms with van der Waals surface area (Å²) in [7, 11) is 1.72. The van der Waals surface area contributed by atoms with Crippen molar-refractivity contribution in [2.45, 2.75) is 26.0 Å². The third-order valence-electron chi connectivity index (χ3n) is 5.63. The molecule has 0 bridgehead atoms. The van der Waals surface area contributed by atoms with Gasteiger partial charge in [-0.25, -0.2) is 9.97 Å². The van der Waals surface area contributed by atoms with Crippen molar-refractivity contribution in [1.29, 1.82) is 0 Å². The van der Waals surface area contributed by atoms with Gasteiger partial charge in [-0.2, -0.15) is 5.10 Å². The van der Waals surface area contributed by atoms with Gasteiger partial charge in [-0.3, -0.25) is 5.10 Å². The molecule has 0 aliphatic heterocycles. The van der Waals surface area contributed by atoms with Gasteiger partial charge in [-0.1, -0.05) is 37.6 Å². The minimum Gasteiger partial charge on any atom is -0.362 e. The molecule has 5 rings (SSSR count). The van der Waals surface area contributed by atoms with E-state index < -0.39 is 0 Å². The molecule has 1 atom stereocenters. The molecule has 166 valence electrons. The Kier molecular flexibility index (Phi) is 5.87. The molecule has 33 heavy (non-hydrogen) atoms. The van der Waals surface area contributed by atoms with Crippen LogP contribution >= 0.6 is 0 Å². The van der Waals surface area contributed by atoms with E-state index in [1.54, 1.807) is 7.11 Å². The maximum absolute atomic E-state index is 5.62. The molecule has 3 N–H and O–H groups in total. The van der Waals surface area contributed by atoms with Crippen molar-refractivity contribution in [2.75, 3.05) is 17.7 Å². The van der Waals surface area contributed by atoms with Gasteiger partial charge in [0.15, 0.2) is 5.82 Å². The first-order valence-corrected chi connectivity index (χ1v) is 11.1. The lowest BCUT2D eigenvalue weighted by atomic mass is 10.1. The molecular weight excluding hydrogens is 412 g/mol. The van der Waals surface area contributed by atoms with E-state index >= 15 is 0 Å². The van der Waals surface area contributed by atoms with Gasteiger partial charge < -0.3 is 15.4 Å². The highest BCUT2D eigenvalue weighted by molar-refractivity contribution is 5.94. The third kappa shape index (κ3) is 4.36. The monoisotopic (exact) mass is 438 g/mol. The van der Waals surface area contributed by atoms with E-state index in [-0.39, 0.29) is 6.23 Å². The zero-order chi connectivity index (χ0) is 22.6. The fourth-order valence-corrected chi connectivity index (χ4v) is 3.94. The largest absolute Gasteiger partial charge is 0.362 e. The summed E-state index contributed by atoms with van der Waals surface area (Å²) >= 11 is 0. The molecule has 0 aliphatic rings. The summed E-state index contributed by atoms with van der Waals surface area (Å²) in [5, 5.41) is 16.1. The van der Waals surface area contributed by atoms with Crippen molar-refractivity contribution < 1.29 is 4.74 Å². The molecule has 0 spiro atoms. The Bertz CT molecular complexity index is 1400. The molecule has 1 unspecified atom stereocenters. The molecule has 5 aromatic rings. The van der Waals surface area contributed by atoms with Crippen LogP contribution < -0.4 is 10.6 Å². The zero-order valence-corrected chi connectivity index (χ0v) is 18.7. The number of hydrogen-bond donors (Lipinski definition) is 3. The van der Waals surface area contributed by atoms with E-state index in [0.717, 1.165) is 57.4 Å². The molecule has 0 amide bonds. The van der Waals surface area contributed by atoms with E-state index in [2.05, 4.69) is 33.8 Å². The number of benzene rings is 3. The number of ether oxygens (including phenoxy) is 1. The van der Waals surface area contributed by atoms with Crippen LogP contribution in [0.25, 0.3) is 33.2 Å². The molecular formula is C26H26N6O. The van der Waals surface area contributed by atoms with Crippen LogP contribution in [0.5, 0.6) is 0 Å². The van der Waals surface area contributed by atoms with E-state index in [4.69, 9.17) is 14.7 Å². The first-order valence-electron chi connectivity index (χ1n) is 11.1. The maximum atomic E-state index is 5.62. The van der Waals surface area contributed by atoms with Crippen molar-refractivity contribution in [3.8, 4) is 11.4 Å². The lowest BCUT2D eigenvalue weighted by Gasteiger charge is -2.20. The summed E-state index contributed by atoms with van der Waals surface area (Å²) in [6.45, 7) is 2.14. The Balaban J connectivity index is 1.58. The van der Waals surface area contributed by atoms with Crippen LogP contribution in [0.15, 0.2) is 72.9 Å². The lowest BCUT2D eigenvalue weighted by Crippen LogP contribution is -2.21. The average Bonchev–Trinajstić information content (AvgIpc) is 3.32. The Morgan fingerprint density at radius 1 is 1.00 bits per heavy atom. The zero-order valence-electron chi connectivity index (χ0n) is 18.7. The number of nitrogens with zero attached hydrogens (tertiary/aromatic N) is 3. The number of hydrogen-bond acceptors (Lipinski definition) is 6. The molecule has 2 heterocycles. The Hall–Kier alpha value is -3.97. The van der Waals surface area contributed by atoms with Gasteiger partial charge in [0.2, 0.25) is 0 Å². The normalized spacial score (nSPS) is 12.2. The topological polar surface area (TPSA) is 87.8 Å². The number of methoxy groups -OCH3 is 1. The quantitative estimate of drug-likeness (QED) is 0.254. The summed E-state index contributed by atoms with van der Waals surface area (Å²) in [6.07, 6.45) is 3.67. The van der Waals surface area contributed by atoms with Gasteiger partial charge in [-0.05, 0) is 48.9 Å². The number of rotatable bonds is 8. The summed E-state index contributed by atoms with van der Waals surface area (Å²) in [6, 6.07) is 22.2. The van der Waals surface area contributed by atoms with Gasteiger partial charge in [0.25, 0.3) is 0 Å². The fourth-order valence-electron chi connectivity index (χ4n) is 3.94. The highest BCUT2D eigenvalue weighted by Crippen LogP contribution is 2.32. The second kappa shape index (κ2) is 9.26. The molecule has 0 saturated heterocycles. The van der Waals surface area contributed by atoms with Crippen LogP contribution in [0.4, 0.5) is 17.2 Å². The number of H-pyrrole nitrogens is 1. The van der Waals surface area contributed by atoms with Crippen LogP contribution in [-0.4, -0.2) is 33.5 Å². The summed E-state index contributed by atoms with van der Waals surface area (Å²) in [5.74, 6) is 1.40. The number of para-hydroxylation sites is 2. The summed E-state index contributed by atoms with van der Waals surface area (Å²) in [5.41, 5.74) is 4.68. The van der Waals surface area contributed by atoms with Crippen molar-refractivity contribution in [3.05, 3.63) is 72.9 Å². The second-order valence-corrected chi connectivity index (χ2v) is 7.91. The first kappa shape index (κ1) is 20.9. The minimum absolute atomic E-state index is 0.0733. The number of fused-ring (bicyclic) bond motifs is 2. The molecule has 7 nitrogen and oxygen atoms in total. The molecule has 0 saturated carbocycles. The van der Waals surface area contributed by atoms with Crippen LogP contribution in [0.3, 0.4) is 0 Å². The number of aromatic nitrogens is 4.